The summed E-state index contributed by atoms with van der Waals surface area (Å²) >= 11 is 2.76. The highest BCUT2D eigenvalue weighted by molar-refractivity contribution is 8.15. The van der Waals surface area contributed by atoms with Crippen LogP contribution in [0.25, 0.3) is 10.1 Å². The van der Waals surface area contributed by atoms with Crippen molar-refractivity contribution in [3.63, 3.8) is 0 Å². The van der Waals surface area contributed by atoms with Gasteiger partial charge in [0.25, 0.3) is 5.24 Å². The zero-order valence-electron chi connectivity index (χ0n) is 8.80. The van der Waals surface area contributed by atoms with Crippen molar-refractivity contribution >= 4 is 44.3 Å². The molecule has 3 rings (SSSR count). The lowest BCUT2D eigenvalue weighted by Crippen LogP contribution is -2.25. The smallest absolute Gasteiger partial charge is 0.286 e. The number of thiophene rings is 1. The van der Waals surface area contributed by atoms with Gasteiger partial charge in [0.15, 0.2) is 0 Å². The lowest BCUT2D eigenvalue weighted by atomic mass is 10.1. The molecule has 1 aromatic carbocycles. The monoisotopic (exact) mass is 263 g/mol. The average molecular weight is 263 g/mol. The summed E-state index contributed by atoms with van der Waals surface area (Å²) in [6, 6.07) is 8.12. The first-order valence-electron chi connectivity index (χ1n) is 5.20. The molecule has 17 heavy (non-hydrogen) atoms. The summed E-state index contributed by atoms with van der Waals surface area (Å²) < 4.78 is 1.22. The van der Waals surface area contributed by atoms with E-state index in [1.165, 1.54) is 10.1 Å². The Bertz CT molecular complexity index is 605. The summed E-state index contributed by atoms with van der Waals surface area (Å²) in [5, 5.41) is 5.06. The number of amides is 2. The highest BCUT2D eigenvalue weighted by Crippen LogP contribution is 2.30. The number of hydrogen-bond donors (Lipinski definition) is 1. The third kappa shape index (κ3) is 1.96. The Balaban J connectivity index is 1.90. The topological polar surface area (TPSA) is 46.2 Å². The number of thioether (sulfide) groups is 1. The molecular weight excluding hydrogens is 254 g/mol. The van der Waals surface area contributed by atoms with Crippen LogP contribution in [0.2, 0.25) is 0 Å². The lowest BCUT2D eigenvalue weighted by molar-refractivity contribution is -0.118. The SMILES string of the molecule is O=C1NC(=O)C(Cc2csc3ccccc23)S1. The van der Waals surface area contributed by atoms with Gasteiger partial charge in [-0.05, 0) is 28.8 Å². The van der Waals surface area contributed by atoms with Gasteiger partial charge in [-0.2, -0.15) is 0 Å². The Kier molecular flexibility index (Phi) is 2.64. The highest BCUT2D eigenvalue weighted by atomic mass is 32.2. The van der Waals surface area contributed by atoms with Crippen molar-refractivity contribution in [3.05, 3.63) is 35.2 Å². The molecule has 1 unspecified atom stereocenters. The number of imide groups is 1. The molecule has 1 atom stereocenters. The van der Waals surface area contributed by atoms with Crippen LogP contribution in [-0.4, -0.2) is 16.4 Å². The van der Waals surface area contributed by atoms with Crippen LogP contribution >= 0.6 is 23.1 Å². The lowest BCUT2D eigenvalue weighted by Gasteiger charge is -2.03. The molecule has 3 nitrogen and oxygen atoms in total. The van der Waals surface area contributed by atoms with Crippen molar-refractivity contribution in [3.8, 4) is 0 Å². The molecule has 1 aliphatic rings. The van der Waals surface area contributed by atoms with E-state index in [-0.39, 0.29) is 16.4 Å². The van der Waals surface area contributed by atoms with Crippen molar-refractivity contribution < 1.29 is 9.59 Å². The normalized spacial score (nSPS) is 19.9. The molecule has 86 valence electrons. The molecule has 1 N–H and O–H groups in total. The van der Waals surface area contributed by atoms with Gasteiger partial charge < -0.3 is 0 Å². The minimum atomic E-state index is -0.277. The van der Waals surface area contributed by atoms with Gasteiger partial charge in [0, 0.05) is 4.70 Å². The Hall–Kier alpha value is -1.33. The summed E-state index contributed by atoms with van der Waals surface area (Å²) in [5.41, 5.74) is 1.15. The zero-order chi connectivity index (χ0) is 11.8. The van der Waals surface area contributed by atoms with Gasteiger partial charge in [0.1, 0.15) is 0 Å². The molecule has 1 aliphatic heterocycles. The Morgan fingerprint density at radius 2 is 2.06 bits per heavy atom. The highest BCUT2D eigenvalue weighted by Gasteiger charge is 2.31. The molecule has 2 heterocycles. The van der Waals surface area contributed by atoms with Crippen LogP contribution in [0, 0.1) is 0 Å². The molecule has 0 spiro atoms. The number of carbonyl (C=O) groups excluding carboxylic acids is 2. The molecule has 0 radical (unpaired) electrons. The van der Waals surface area contributed by atoms with Crippen molar-refractivity contribution in [2.24, 2.45) is 0 Å². The van der Waals surface area contributed by atoms with Crippen molar-refractivity contribution in [2.45, 2.75) is 11.7 Å². The second-order valence-electron chi connectivity index (χ2n) is 3.84. The summed E-state index contributed by atoms with van der Waals surface area (Å²) in [6.45, 7) is 0. The zero-order valence-corrected chi connectivity index (χ0v) is 10.4. The van der Waals surface area contributed by atoms with Crippen LogP contribution < -0.4 is 5.32 Å². The molecule has 1 aromatic heterocycles. The van der Waals surface area contributed by atoms with Crippen LogP contribution in [0.1, 0.15) is 5.56 Å². The predicted molar refractivity (Wildman–Crippen MR) is 70.4 cm³/mol. The minimum Gasteiger partial charge on any atom is -0.286 e. The summed E-state index contributed by atoms with van der Waals surface area (Å²) in [5.74, 6) is -0.171. The first-order chi connectivity index (χ1) is 8.24. The molecule has 0 saturated carbocycles. The van der Waals surface area contributed by atoms with Crippen molar-refractivity contribution in [2.75, 3.05) is 0 Å². The van der Waals surface area contributed by atoms with Crippen molar-refractivity contribution in [1.29, 1.82) is 0 Å². The Labute approximate surface area is 106 Å². The van der Waals surface area contributed by atoms with Gasteiger partial charge in [-0.3, -0.25) is 14.9 Å². The number of fused-ring (bicyclic) bond motifs is 1. The van der Waals surface area contributed by atoms with Gasteiger partial charge in [-0.1, -0.05) is 30.0 Å². The van der Waals surface area contributed by atoms with E-state index in [1.54, 1.807) is 11.3 Å². The van der Waals surface area contributed by atoms with Crippen LogP contribution in [-0.2, 0) is 11.2 Å². The fourth-order valence-corrected chi connectivity index (χ4v) is 3.74. The van der Waals surface area contributed by atoms with Gasteiger partial charge in [0.2, 0.25) is 5.91 Å². The van der Waals surface area contributed by atoms with Gasteiger partial charge in [-0.15, -0.1) is 11.3 Å². The van der Waals surface area contributed by atoms with Crippen LogP contribution in [0.5, 0.6) is 0 Å². The van der Waals surface area contributed by atoms with Gasteiger partial charge in [-0.25, -0.2) is 0 Å². The summed E-state index contributed by atoms with van der Waals surface area (Å²) in [7, 11) is 0. The van der Waals surface area contributed by atoms with E-state index in [1.807, 2.05) is 12.1 Å². The third-order valence-electron chi connectivity index (χ3n) is 2.73. The third-order valence-corrected chi connectivity index (χ3v) is 4.73. The number of carbonyl (C=O) groups is 2. The van der Waals surface area contributed by atoms with Crippen molar-refractivity contribution in [1.82, 2.24) is 5.32 Å². The Morgan fingerprint density at radius 1 is 1.24 bits per heavy atom. The van der Waals surface area contributed by atoms with Gasteiger partial charge >= 0.3 is 0 Å². The quantitative estimate of drug-likeness (QED) is 0.906. The number of nitrogens with one attached hydrogen (secondary N) is 1. The number of hydrogen-bond acceptors (Lipinski definition) is 4. The molecular formula is C12H9NO2S2. The van der Waals surface area contributed by atoms with E-state index in [9.17, 15) is 9.59 Å². The molecule has 0 bridgehead atoms. The molecule has 1 fully saturated rings. The average Bonchev–Trinajstić information content (AvgIpc) is 2.85. The maximum atomic E-state index is 11.5. The summed E-state index contributed by atoms with van der Waals surface area (Å²) in [4.78, 5) is 22.6. The largest absolute Gasteiger partial charge is 0.286 e. The molecule has 1 saturated heterocycles. The van der Waals surface area contributed by atoms with E-state index in [4.69, 9.17) is 0 Å². The fourth-order valence-electron chi connectivity index (χ4n) is 1.92. The maximum Gasteiger partial charge on any atom is 0.286 e. The van der Waals surface area contributed by atoms with Crippen LogP contribution in [0.15, 0.2) is 29.6 Å². The standard InChI is InChI=1S/C12H9NO2S2/c14-11-10(17-12(15)13-11)5-7-6-16-9-4-2-1-3-8(7)9/h1-4,6,10H,5H2,(H,13,14,15). The second kappa shape index (κ2) is 4.16. The number of rotatable bonds is 2. The number of benzene rings is 1. The van der Waals surface area contributed by atoms with E-state index in [2.05, 4.69) is 22.8 Å². The van der Waals surface area contributed by atoms with Crippen LogP contribution in [0.4, 0.5) is 4.79 Å². The first-order valence-corrected chi connectivity index (χ1v) is 6.96. The van der Waals surface area contributed by atoms with Gasteiger partial charge in [0.05, 0.1) is 5.25 Å². The second-order valence-corrected chi connectivity index (χ2v) is 5.93. The van der Waals surface area contributed by atoms with E-state index in [0.717, 1.165) is 17.3 Å². The summed E-state index contributed by atoms with van der Waals surface area (Å²) in [6.07, 6.45) is 0.617. The first kappa shape index (κ1) is 10.8. The molecule has 2 aromatic rings. The maximum absolute atomic E-state index is 11.5. The fraction of sp³-hybridized carbons (Fsp3) is 0.167. The predicted octanol–water partition coefficient (Wildman–Crippen LogP) is 2.80. The van der Waals surface area contributed by atoms with Crippen LogP contribution in [0.3, 0.4) is 0 Å². The molecule has 2 amide bonds. The van der Waals surface area contributed by atoms with E-state index < -0.39 is 0 Å². The van der Waals surface area contributed by atoms with E-state index >= 15 is 0 Å². The molecule has 5 heteroatoms. The Morgan fingerprint density at radius 3 is 2.82 bits per heavy atom. The van der Waals surface area contributed by atoms with E-state index in [0.29, 0.717) is 6.42 Å². The molecule has 0 aliphatic carbocycles. The minimum absolute atomic E-state index is 0.171.